The van der Waals surface area contributed by atoms with Crippen LogP contribution in [0, 0.1) is 0 Å². The van der Waals surface area contributed by atoms with Crippen molar-refractivity contribution in [2.24, 2.45) is 0 Å². The van der Waals surface area contributed by atoms with Crippen molar-refractivity contribution < 1.29 is 8.83 Å². The van der Waals surface area contributed by atoms with Crippen LogP contribution in [0.5, 0.6) is 0 Å². The highest BCUT2D eigenvalue weighted by Gasteiger charge is 2.19. The van der Waals surface area contributed by atoms with E-state index in [1.807, 2.05) is 36.4 Å². The fourth-order valence-electron chi connectivity index (χ4n) is 7.58. The van der Waals surface area contributed by atoms with Crippen molar-refractivity contribution in [1.29, 1.82) is 0 Å². The molecule has 0 fully saturated rings. The van der Waals surface area contributed by atoms with Gasteiger partial charge < -0.3 is 8.83 Å². The number of rotatable bonds is 6. The number of fused-ring (bicyclic) bond motifs is 5. The monoisotopic (exact) mass is 694 g/mol. The highest BCUT2D eigenvalue weighted by atomic mass is 16.3. The van der Waals surface area contributed by atoms with Gasteiger partial charge in [-0.3, -0.25) is 0 Å². The molecule has 9 rings (SSSR count). The van der Waals surface area contributed by atoms with Crippen LogP contribution >= 0.6 is 0 Å². The van der Waals surface area contributed by atoms with Gasteiger partial charge in [-0.2, -0.15) is 0 Å². The molecule has 1 aliphatic rings. The van der Waals surface area contributed by atoms with Gasteiger partial charge in [0.25, 0.3) is 0 Å². The molecule has 6 aromatic carbocycles. The number of hydrogen-bond acceptors (Lipinski definition) is 2. The molecular weight excluding hydrogens is 657 g/mol. The fraction of sp³-hybridized carbons (Fsp3) is 0.0385. The second-order valence-electron chi connectivity index (χ2n) is 13.8. The SMILES string of the molecule is C=C(/C=c1/ccc(-c2ccccc2)cc1=C)C1=c2cccc/c2=C(C(=C)c2cc3c(cc2-c2cc4ccccc4o2)oc2ccccc23)/C=C/CCC=C1. The lowest BCUT2D eigenvalue weighted by Crippen LogP contribution is -2.29. The Kier molecular flexibility index (Phi) is 8.49. The molecule has 0 saturated heterocycles. The molecule has 0 atom stereocenters. The van der Waals surface area contributed by atoms with Crippen molar-refractivity contribution in [2.45, 2.75) is 12.8 Å². The molecule has 0 aliphatic heterocycles. The van der Waals surface area contributed by atoms with Crippen molar-refractivity contribution in [3.05, 3.63) is 209 Å². The summed E-state index contributed by atoms with van der Waals surface area (Å²) in [7, 11) is 0. The number of furan rings is 2. The van der Waals surface area contributed by atoms with Gasteiger partial charge >= 0.3 is 0 Å². The minimum Gasteiger partial charge on any atom is -0.456 e. The summed E-state index contributed by atoms with van der Waals surface area (Å²) in [6.45, 7) is 13.9. The second-order valence-corrected chi connectivity index (χ2v) is 13.8. The van der Waals surface area contributed by atoms with E-state index in [1.54, 1.807) is 0 Å². The summed E-state index contributed by atoms with van der Waals surface area (Å²) in [6.07, 6.45) is 12.9. The van der Waals surface area contributed by atoms with E-state index in [9.17, 15) is 0 Å². The summed E-state index contributed by atoms with van der Waals surface area (Å²) in [5, 5.41) is 7.32. The van der Waals surface area contributed by atoms with Crippen LogP contribution in [0.1, 0.15) is 18.4 Å². The van der Waals surface area contributed by atoms with Crippen LogP contribution in [0.2, 0.25) is 0 Å². The van der Waals surface area contributed by atoms with Gasteiger partial charge in [0.15, 0.2) is 0 Å². The first-order valence-electron chi connectivity index (χ1n) is 18.4. The van der Waals surface area contributed by atoms with Gasteiger partial charge in [0.05, 0.1) is 0 Å². The zero-order valence-electron chi connectivity index (χ0n) is 30.0. The molecule has 2 nitrogen and oxygen atoms in total. The molecular formula is C52H38O2. The summed E-state index contributed by atoms with van der Waals surface area (Å²) >= 11 is 0. The minimum atomic E-state index is 0.771. The molecule has 258 valence electrons. The van der Waals surface area contributed by atoms with Gasteiger partial charge in [-0.25, -0.2) is 0 Å². The van der Waals surface area contributed by atoms with E-state index >= 15 is 0 Å². The summed E-state index contributed by atoms with van der Waals surface area (Å²) in [5.41, 5.74) is 10.7. The van der Waals surface area contributed by atoms with Crippen LogP contribution in [-0.4, -0.2) is 0 Å². The van der Waals surface area contributed by atoms with Gasteiger partial charge in [-0.15, -0.1) is 0 Å². The highest BCUT2D eigenvalue weighted by Crippen LogP contribution is 2.41. The average Bonchev–Trinajstić information content (AvgIpc) is 3.81. The number of benzene rings is 6. The van der Waals surface area contributed by atoms with Crippen LogP contribution in [0.4, 0.5) is 0 Å². The van der Waals surface area contributed by atoms with Gasteiger partial charge in [0, 0.05) is 21.7 Å². The molecule has 0 N–H and O–H groups in total. The van der Waals surface area contributed by atoms with Gasteiger partial charge in [0.2, 0.25) is 0 Å². The first-order valence-corrected chi connectivity index (χ1v) is 18.4. The average molecular weight is 695 g/mol. The first-order chi connectivity index (χ1) is 26.5. The van der Waals surface area contributed by atoms with E-state index in [0.29, 0.717) is 0 Å². The van der Waals surface area contributed by atoms with Gasteiger partial charge in [-0.1, -0.05) is 147 Å². The Morgan fingerprint density at radius 3 is 2.02 bits per heavy atom. The first kappa shape index (κ1) is 33.0. The van der Waals surface area contributed by atoms with Crippen LogP contribution in [-0.2, 0) is 0 Å². The van der Waals surface area contributed by atoms with Crippen LogP contribution < -0.4 is 20.9 Å². The summed E-state index contributed by atoms with van der Waals surface area (Å²) in [6, 6.07) is 48.2. The summed E-state index contributed by atoms with van der Waals surface area (Å²) in [4.78, 5) is 0. The molecule has 2 aromatic heterocycles. The largest absolute Gasteiger partial charge is 0.456 e. The van der Waals surface area contributed by atoms with Crippen molar-refractivity contribution in [1.82, 2.24) is 0 Å². The molecule has 54 heavy (non-hydrogen) atoms. The van der Waals surface area contributed by atoms with E-state index in [1.165, 1.54) is 5.56 Å². The van der Waals surface area contributed by atoms with Crippen molar-refractivity contribution >= 4 is 62.3 Å². The minimum absolute atomic E-state index is 0.771. The lowest BCUT2D eigenvalue weighted by Gasteiger charge is -2.15. The van der Waals surface area contributed by atoms with E-state index in [0.717, 1.165) is 111 Å². The van der Waals surface area contributed by atoms with E-state index < -0.39 is 0 Å². The summed E-state index contributed by atoms with van der Waals surface area (Å²) < 4.78 is 12.9. The predicted octanol–water partition coefficient (Wildman–Crippen LogP) is 11.0. The Labute approximate surface area is 314 Å². The topological polar surface area (TPSA) is 26.3 Å². The van der Waals surface area contributed by atoms with Crippen LogP contribution in [0.3, 0.4) is 0 Å². The Morgan fingerprint density at radius 2 is 1.24 bits per heavy atom. The maximum absolute atomic E-state index is 6.51. The highest BCUT2D eigenvalue weighted by molar-refractivity contribution is 6.12. The Morgan fingerprint density at radius 1 is 0.556 bits per heavy atom. The maximum atomic E-state index is 6.51. The van der Waals surface area contributed by atoms with Gasteiger partial charge in [-0.05, 0) is 115 Å². The van der Waals surface area contributed by atoms with Crippen molar-refractivity contribution in [3.8, 4) is 22.5 Å². The number of allylic oxidation sites excluding steroid dienone is 6. The molecule has 0 saturated carbocycles. The molecule has 2 heterocycles. The molecule has 0 unspecified atom stereocenters. The molecule has 8 aromatic rings. The molecule has 0 bridgehead atoms. The lowest BCUT2D eigenvalue weighted by molar-refractivity contribution is 0.630. The normalized spacial score (nSPS) is 15.1. The van der Waals surface area contributed by atoms with Gasteiger partial charge in [0.1, 0.15) is 22.5 Å². The van der Waals surface area contributed by atoms with E-state index in [2.05, 4.69) is 147 Å². The van der Waals surface area contributed by atoms with E-state index in [-0.39, 0.29) is 0 Å². The lowest BCUT2D eigenvalue weighted by atomic mass is 9.89. The number of hydrogen-bond donors (Lipinski definition) is 0. The van der Waals surface area contributed by atoms with Crippen molar-refractivity contribution in [3.63, 3.8) is 0 Å². The fourth-order valence-corrected chi connectivity index (χ4v) is 7.58. The predicted molar refractivity (Wildman–Crippen MR) is 228 cm³/mol. The van der Waals surface area contributed by atoms with Crippen molar-refractivity contribution in [2.75, 3.05) is 0 Å². The number of para-hydroxylation sites is 2. The Bertz CT molecular complexity index is 3060. The summed E-state index contributed by atoms with van der Waals surface area (Å²) in [5.74, 6) is 0.771. The van der Waals surface area contributed by atoms with Crippen LogP contribution in [0.25, 0.3) is 84.7 Å². The molecule has 2 heteroatoms. The molecule has 0 amide bonds. The second kappa shape index (κ2) is 13.9. The quantitative estimate of drug-likeness (QED) is 0.173. The third-order valence-corrected chi connectivity index (χ3v) is 10.4. The zero-order valence-corrected chi connectivity index (χ0v) is 30.0. The maximum Gasteiger partial charge on any atom is 0.136 e. The third-order valence-electron chi connectivity index (χ3n) is 10.4. The van der Waals surface area contributed by atoms with E-state index in [4.69, 9.17) is 15.4 Å². The Balaban J connectivity index is 1.26. The molecule has 0 radical (unpaired) electrons. The standard InChI is InChI=1S/C52H38O2/c1-34-29-39(37-17-7-6-8-18-37)28-27-38(34)30-35(2)41-20-9-4-5-10-21-42(44-23-13-12-22-43(41)44)36(3)46-32-47-45-24-14-16-26-50(45)54-52(47)33-48(46)51-31-40-19-11-15-25-49(40)53-51/h6-33H,1-5H2/b20-9?,21-10+,38-30-,43-41?,44-42+. The third kappa shape index (κ3) is 6.08. The Hall–Kier alpha value is -6.90. The van der Waals surface area contributed by atoms with Crippen LogP contribution in [0.15, 0.2) is 191 Å². The zero-order chi connectivity index (χ0) is 36.6. The molecule has 0 spiro atoms. The smallest absolute Gasteiger partial charge is 0.136 e. The molecule has 1 aliphatic carbocycles.